The van der Waals surface area contributed by atoms with Crippen LogP contribution in [0.25, 0.3) is 10.9 Å². The number of rotatable bonds is 4. The number of nitrogens with zero attached hydrogens (tertiary/aromatic N) is 2. The molecule has 22 heavy (non-hydrogen) atoms. The van der Waals surface area contributed by atoms with Crippen molar-refractivity contribution in [2.75, 3.05) is 19.7 Å². The van der Waals surface area contributed by atoms with E-state index in [1.165, 1.54) is 0 Å². The van der Waals surface area contributed by atoms with Crippen LogP contribution in [0.3, 0.4) is 0 Å². The Labute approximate surface area is 134 Å². The highest BCUT2D eigenvalue weighted by Gasteiger charge is 2.20. The minimum atomic E-state index is -0.133. The Morgan fingerprint density at radius 1 is 1.41 bits per heavy atom. The van der Waals surface area contributed by atoms with Gasteiger partial charge >= 0.3 is 0 Å². The van der Waals surface area contributed by atoms with Crippen molar-refractivity contribution < 1.29 is 4.74 Å². The van der Waals surface area contributed by atoms with E-state index in [1.54, 1.807) is 18.2 Å². The maximum absolute atomic E-state index is 12.1. The molecule has 1 saturated heterocycles. The van der Waals surface area contributed by atoms with Gasteiger partial charge in [0.2, 0.25) is 0 Å². The van der Waals surface area contributed by atoms with Crippen LogP contribution in [-0.4, -0.2) is 40.7 Å². The van der Waals surface area contributed by atoms with Crippen molar-refractivity contribution in [1.29, 1.82) is 0 Å². The molecule has 2 heterocycles. The molecule has 0 aliphatic carbocycles. The predicted octanol–water partition coefficient (Wildman–Crippen LogP) is 2.58. The Hall–Kier alpha value is -1.43. The summed E-state index contributed by atoms with van der Waals surface area (Å²) in [5, 5.41) is 1.08. The van der Waals surface area contributed by atoms with E-state index < -0.39 is 0 Å². The average molecular weight is 322 g/mol. The fourth-order valence-corrected chi connectivity index (χ4v) is 3.09. The van der Waals surface area contributed by atoms with Gasteiger partial charge in [-0.2, -0.15) is 0 Å². The lowest BCUT2D eigenvalue weighted by Gasteiger charge is -2.31. The third-order valence-corrected chi connectivity index (χ3v) is 4.26. The molecule has 0 bridgehead atoms. The molecule has 0 unspecified atom stereocenters. The molecule has 118 valence electrons. The van der Waals surface area contributed by atoms with Gasteiger partial charge in [0.1, 0.15) is 5.82 Å². The van der Waals surface area contributed by atoms with Gasteiger partial charge in [0.05, 0.1) is 23.6 Å². The number of fused-ring (bicyclic) bond motifs is 1. The number of hydrogen-bond acceptors (Lipinski definition) is 4. The molecule has 1 aliphatic rings. The normalized spacial score (nSPS) is 17.2. The van der Waals surface area contributed by atoms with Gasteiger partial charge in [-0.15, -0.1) is 0 Å². The molecule has 0 radical (unpaired) electrons. The highest BCUT2D eigenvalue weighted by atomic mass is 35.5. The summed E-state index contributed by atoms with van der Waals surface area (Å²) < 4.78 is 5.66. The van der Waals surface area contributed by atoms with Gasteiger partial charge in [0.15, 0.2) is 0 Å². The molecule has 2 aromatic rings. The largest absolute Gasteiger partial charge is 0.378 e. The second-order valence-corrected chi connectivity index (χ2v) is 6.04. The van der Waals surface area contributed by atoms with E-state index in [0.29, 0.717) is 34.4 Å². The summed E-state index contributed by atoms with van der Waals surface area (Å²) in [5.74, 6) is 0.703. The fraction of sp³-hybridized carbons (Fsp3) is 0.500. The van der Waals surface area contributed by atoms with Crippen LogP contribution in [-0.2, 0) is 11.3 Å². The molecule has 1 N–H and O–H groups in total. The maximum atomic E-state index is 12.1. The third-order valence-electron chi connectivity index (χ3n) is 4.03. The summed E-state index contributed by atoms with van der Waals surface area (Å²) in [6.07, 6.45) is 2.43. The number of H-pyrrole nitrogens is 1. The minimum Gasteiger partial charge on any atom is -0.378 e. The van der Waals surface area contributed by atoms with Crippen molar-refractivity contribution in [3.05, 3.63) is 39.4 Å². The summed E-state index contributed by atoms with van der Waals surface area (Å²) >= 11 is 5.92. The van der Waals surface area contributed by atoms with E-state index in [9.17, 15) is 4.79 Å². The molecule has 0 atom stereocenters. The topological polar surface area (TPSA) is 58.2 Å². The van der Waals surface area contributed by atoms with Crippen LogP contribution in [0.1, 0.15) is 25.6 Å². The summed E-state index contributed by atoms with van der Waals surface area (Å²) in [5.41, 5.74) is 0.555. The first kappa shape index (κ1) is 15.5. The summed E-state index contributed by atoms with van der Waals surface area (Å²) in [6.45, 7) is 5.39. The quantitative estimate of drug-likeness (QED) is 0.940. The van der Waals surface area contributed by atoms with Crippen molar-refractivity contribution in [1.82, 2.24) is 14.9 Å². The zero-order valence-electron chi connectivity index (χ0n) is 12.6. The van der Waals surface area contributed by atoms with Crippen LogP contribution in [0.5, 0.6) is 0 Å². The lowest BCUT2D eigenvalue weighted by atomic mass is 10.1. The van der Waals surface area contributed by atoms with E-state index >= 15 is 0 Å². The molecule has 1 fully saturated rings. The highest BCUT2D eigenvalue weighted by Crippen LogP contribution is 2.17. The van der Waals surface area contributed by atoms with Crippen LogP contribution in [0.2, 0.25) is 5.02 Å². The Morgan fingerprint density at radius 3 is 2.91 bits per heavy atom. The molecule has 0 saturated carbocycles. The number of ether oxygens (including phenoxy) is 1. The Balaban J connectivity index is 1.72. The van der Waals surface area contributed by atoms with E-state index in [1.807, 2.05) is 6.92 Å². The van der Waals surface area contributed by atoms with Crippen molar-refractivity contribution in [3.8, 4) is 0 Å². The van der Waals surface area contributed by atoms with Crippen LogP contribution in [0.4, 0.5) is 0 Å². The molecular formula is C16H20ClN3O2. The van der Waals surface area contributed by atoms with Gasteiger partial charge in [-0.05, 0) is 38.0 Å². The number of halogens is 1. The lowest BCUT2D eigenvalue weighted by molar-refractivity contribution is 0.0120. The lowest BCUT2D eigenvalue weighted by Crippen LogP contribution is -2.37. The number of benzene rings is 1. The summed E-state index contributed by atoms with van der Waals surface area (Å²) in [4.78, 5) is 21.8. The van der Waals surface area contributed by atoms with Crippen molar-refractivity contribution >= 4 is 22.5 Å². The van der Waals surface area contributed by atoms with Gasteiger partial charge in [0, 0.05) is 24.7 Å². The monoisotopic (exact) mass is 321 g/mol. The second kappa shape index (κ2) is 6.77. The van der Waals surface area contributed by atoms with E-state index in [0.717, 1.165) is 32.5 Å². The van der Waals surface area contributed by atoms with Crippen LogP contribution in [0, 0.1) is 0 Å². The Bertz CT molecular complexity index is 708. The molecule has 1 aromatic carbocycles. The second-order valence-electron chi connectivity index (χ2n) is 5.60. The van der Waals surface area contributed by atoms with Crippen molar-refractivity contribution in [3.63, 3.8) is 0 Å². The van der Waals surface area contributed by atoms with E-state index in [2.05, 4.69) is 14.9 Å². The Kier molecular flexibility index (Phi) is 4.76. The zero-order chi connectivity index (χ0) is 15.5. The molecule has 5 nitrogen and oxygen atoms in total. The zero-order valence-corrected chi connectivity index (χ0v) is 13.4. The molecule has 6 heteroatoms. The van der Waals surface area contributed by atoms with Gasteiger partial charge in [-0.25, -0.2) is 4.98 Å². The number of hydrogen-bond donors (Lipinski definition) is 1. The molecule has 3 rings (SSSR count). The molecule has 0 spiro atoms. The number of aromatic amines is 1. The highest BCUT2D eigenvalue weighted by molar-refractivity contribution is 6.31. The van der Waals surface area contributed by atoms with Crippen LogP contribution in [0.15, 0.2) is 23.0 Å². The number of nitrogens with one attached hydrogen (secondary N) is 1. The van der Waals surface area contributed by atoms with Gasteiger partial charge in [0.25, 0.3) is 5.56 Å². The third kappa shape index (κ3) is 3.48. The Morgan fingerprint density at radius 2 is 2.18 bits per heavy atom. The number of aromatic nitrogens is 2. The fourth-order valence-electron chi connectivity index (χ4n) is 2.92. The first-order chi connectivity index (χ1) is 10.7. The number of piperidine rings is 1. The van der Waals surface area contributed by atoms with Gasteiger partial charge in [-0.3, -0.25) is 9.69 Å². The average Bonchev–Trinajstić information content (AvgIpc) is 2.50. The SMILES string of the molecule is CCOC1CCN(Cc2nc3ccc(Cl)cc3c(=O)[nH]2)CC1. The molecule has 1 aliphatic heterocycles. The first-order valence-electron chi connectivity index (χ1n) is 7.68. The summed E-state index contributed by atoms with van der Waals surface area (Å²) in [6, 6.07) is 5.20. The summed E-state index contributed by atoms with van der Waals surface area (Å²) in [7, 11) is 0. The predicted molar refractivity (Wildman–Crippen MR) is 87.3 cm³/mol. The van der Waals surface area contributed by atoms with Gasteiger partial charge < -0.3 is 9.72 Å². The van der Waals surface area contributed by atoms with Crippen molar-refractivity contribution in [2.24, 2.45) is 0 Å². The maximum Gasteiger partial charge on any atom is 0.258 e. The van der Waals surface area contributed by atoms with Crippen LogP contribution >= 0.6 is 11.6 Å². The smallest absolute Gasteiger partial charge is 0.258 e. The molecule has 0 amide bonds. The first-order valence-corrected chi connectivity index (χ1v) is 8.06. The van der Waals surface area contributed by atoms with Crippen LogP contribution < -0.4 is 5.56 Å². The van der Waals surface area contributed by atoms with E-state index in [-0.39, 0.29) is 5.56 Å². The standard InChI is InChI=1S/C16H20ClN3O2/c1-2-22-12-5-7-20(8-6-12)10-15-18-14-4-3-11(17)9-13(14)16(21)19-15/h3-4,9,12H,2,5-8,10H2,1H3,(H,18,19,21). The van der Waals surface area contributed by atoms with Crippen molar-refractivity contribution in [2.45, 2.75) is 32.4 Å². The molecular weight excluding hydrogens is 302 g/mol. The minimum absolute atomic E-state index is 0.133. The molecule has 1 aromatic heterocycles. The van der Waals surface area contributed by atoms with E-state index in [4.69, 9.17) is 16.3 Å². The number of likely N-dealkylation sites (tertiary alicyclic amines) is 1. The van der Waals surface area contributed by atoms with Gasteiger partial charge in [-0.1, -0.05) is 11.6 Å².